The third kappa shape index (κ3) is 3.28. The van der Waals surface area contributed by atoms with Crippen molar-refractivity contribution in [2.24, 2.45) is 0 Å². The molecule has 1 aliphatic carbocycles. The number of rotatable bonds is 4. The van der Waals surface area contributed by atoms with Crippen molar-refractivity contribution in [3.05, 3.63) is 81.4 Å². The summed E-state index contributed by atoms with van der Waals surface area (Å²) in [6, 6.07) is 15.7. The van der Waals surface area contributed by atoms with Crippen molar-refractivity contribution in [3.8, 4) is 5.95 Å². The topological polar surface area (TPSA) is 92.7 Å². The number of nitrogens with zero attached hydrogens (tertiary/aromatic N) is 3. The number of anilines is 1. The van der Waals surface area contributed by atoms with E-state index in [9.17, 15) is 9.59 Å². The molecule has 0 saturated heterocycles. The molecule has 2 aromatic heterocycles. The molecule has 0 atom stereocenters. The van der Waals surface area contributed by atoms with E-state index in [-0.39, 0.29) is 17.9 Å². The van der Waals surface area contributed by atoms with Crippen LogP contribution in [0.3, 0.4) is 0 Å². The van der Waals surface area contributed by atoms with Crippen LogP contribution in [0, 0.1) is 6.92 Å². The monoisotopic (exact) mass is 399 g/mol. The molecule has 0 radical (unpaired) electrons. The molecule has 2 heterocycles. The van der Waals surface area contributed by atoms with Crippen LogP contribution >= 0.6 is 0 Å². The molecule has 2 N–H and O–H groups in total. The minimum atomic E-state index is -0.156. The lowest BCUT2D eigenvalue weighted by atomic mass is 10.0. The largest absolute Gasteiger partial charge is 0.310 e. The van der Waals surface area contributed by atoms with Gasteiger partial charge < -0.3 is 5.32 Å². The first-order valence-corrected chi connectivity index (χ1v) is 10.0. The number of hydrogen-bond donors (Lipinski definition) is 2. The summed E-state index contributed by atoms with van der Waals surface area (Å²) >= 11 is 0. The van der Waals surface area contributed by atoms with E-state index in [1.807, 2.05) is 49.4 Å². The molecular formula is C23H21N5O2. The predicted octanol–water partition coefficient (Wildman–Crippen LogP) is 3.09. The Morgan fingerprint density at radius 3 is 2.90 bits per heavy atom. The molecule has 0 spiro atoms. The highest BCUT2D eigenvalue weighted by atomic mass is 16.1. The number of fused-ring (bicyclic) bond motifs is 2. The van der Waals surface area contributed by atoms with E-state index in [2.05, 4.69) is 20.4 Å². The Labute approximate surface area is 172 Å². The Bertz CT molecular complexity index is 1330. The Morgan fingerprint density at radius 2 is 2.00 bits per heavy atom. The number of carbonyl (C=O) groups is 1. The van der Waals surface area contributed by atoms with Gasteiger partial charge in [0.05, 0.1) is 17.8 Å². The zero-order chi connectivity index (χ0) is 20.7. The molecule has 1 aliphatic rings. The normalized spacial score (nSPS) is 12.8. The maximum Gasteiger partial charge on any atom is 0.255 e. The maximum absolute atomic E-state index is 12.8. The summed E-state index contributed by atoms with van der Waals surface area (Å²) in [5.74, 6) is 0.657. The number of aryl methyl sites for hydroxylation is 2. The molecule has 0 fully saturated rings. The van der Waals surface area contributed by atoms with E-state index < -0.39 is 0 Å². The second kappa shape index (κ2) is 7.26. The Kier molecular flexibility index (Phi) is 4.43. The Balaban J connectivity index is 1.44. The minimum Gasteiger partial charge on any atom is -0.310 e. The third-order valence-electron chi connectivity index (χ3n) is 5.46. The third-order valence-corrected chi connectivity index (χ3v) is 5.46. The molecule has 2 aromatic carbocycles. The lowest BCUT2D eigenvalue weighted by Crippen LogP contribution is -2.21. The second-order valence-corrected chi connectivity index (χ2v) is 7.61. The quantitative estimate of drug-likeness (QED) is 0.552. The summed E-state index contributed by atoms with van der Waals surface area (Å²) in [5, 5.41) is 9.52. The molecule has 4 aromatic rings. The maximum atomic E-state index is 12.8. The van der Waals surface area contributed by atoms with Crippen molar-refractivity contribution in [2.75, 3.05) is 5.32 Å². The number of H-pyrrole nitrogens is 1. The van der Waals surface area contributed by atoms with Gasteiger partial charge in [0.1, 0.15) is 5.82 Å². The van der Waals surface area contributed by atoms with E-state index >= 15 is 0 Å². The molecule has 0 aliphatic heterocycles. The fourth-order valence-corrected chi connectivity index (χ4v) is 4.09. The van der Waals surface area contributed by atoms with Crippen molar-refractivity contribution in [3.63, 3.8) is 0 Å². The fourth-order valence-electron chi connectivity index (χ4n) is 4.09. The first kappa shape index (κ1) is 18.3. The number of aromatic amines is 1. The van der Waals surface area contributed by atoms with Crippen molar-refractivity contribution in [1.29, 1.82) is 0 Å². The molecule has 0 bridgehead atoms. The van der Waals surface area contributed by atoms with Gasteiger partial charge in [-0.15, -0.1) is 0 Å². The number of hydrogen-bond acceptors (Lipinski definition) is 4. The number of nitrogens with one attached hydrogen (secondary N) is 2. The second-order valence-electron chi connectivity index (χ2n) is 7.61. The van der Waals surface area contributed by atoms with Crippen LogP contribution in [0.25, 0.3) is 16.7 Å². The summed E-state index contributed by atoms with van der Waals surface area (Å²) in [7, 11) is 0. The van der Waals surface area contributed by atoms with Crippen molar-refractivity contribution in [2.45, 2.75) is 32.6 Å². The van der Waals surface area contributed by atoms with Crippen molar-refractivity contribution >= 4 is 22.5 Å². The van der Waals surface area contributed by atoms with E-state index in [0.29, 0.717) is 11.8 Å². The molecule has 7 heteroatoms. The van der Waals surface area contributed by atoms with Gasteiger partial charge in [0, 0.05) is 11.6 Å². The van der Waals surface area contributed by atoms with Gasteiger partial charge in [0.2, 0.25) is 11.9 Å². The zero-order valence-corrected chi connectivity index (χ0v) is 16.6. The smallest absolute Gasteiger partial charge is 0.255 e. The minimum absolute atomic E-state index is 0.131. The van der Waals surface area contributed by atoms with Crippen LogP contribution in [0.4, 0.5) is 5.82 Å². The Hall–Kier alpha value is -3.74. The first-order chi connectivity index (χ1) is 14.6. The molecule has 7 nitrogen and oxygen atoms in total. The van der Waals surface area contributed by atoms with Gasteiger partial charge in [-0.05, 0) is 42.5 Å². The molecule has 0 saturated carbocycles. The van der Waals surface area contributed by atoms with Gasteiger partial charge in [-0.3, -0.25) is 14.6 Å². The number of carbonyl (C=O) groups excluding carboxylic acids is 1. The first-order valence-electron chi connectivity index (χ1n) is 10.0. The average Bonchev–Trinajstić information content (AvgIpc) is 3.35. The standard InChI is InChI=1S/C23H21N5O2/c1-14-12-20(28(27-14)23-24-19-11-5-10-18(19)22(30)26-23)25-21(29)13-16-8-4-7-15-6-2-3-9-17(15)16/h2-4,6-9,12H,5,10-11,13H2,1H3,(H,25,29)(H,24,26,30). The van der Waals surface area contributed by atoms with Crippen LogP contribution in [-0.2, 0) is 24.1 Å². The zero-order valence-electron chi connectivity index (χ0n) is 16.6. The summed E-state index contributed by atoms with van der Waals surface area (Å²) in [5.41, 5.74) is 3.11. The summed E-state index contributed by atoms with van der Waals surface area (Å²) in [6.07, 6.45) is 2.71. The van der Waals surface area contributed by atoms with Crippen molar-refractivity contribution in [1.82, 2.24) is 19.7 Å². The predicted molar refractivity (Wildman–Crippen MR) is 115 cm³/mol. The molecular weight excluding hydrogens is 378 g/mol. The van der Waals surface area contributed by atoms with E-state index in [0.717, 1.165) is 52.5 Å². The summed E-state index contributed by atoms with van der Waals surface area (Å²) < 4.78 is 1.50. The highest BCUT2D eigenvalue weighted by Gasteiger charge is 2.20. The van der Waals surface area contributed by atoms with Crippen LogP contribution in [0.2, 0.25) is 0 Å². The fraction of sp³-hybridized carbons (Fsp3) is 0.217. The highest BCUT2D eigenvalue weighted by Crippen LogP contribution is 2.21. The number of aromatic nitrogens is 4. The average molecular weight is 399 g/mol. The molecule has 1 amide bonds. The lowest BCUT2D eigenvalue weighted by molar-refractivity contribution is -0.115. The van der Waals surface area contributed by atoms with Gasteiger partial charge in [-0.25, -0.2) is 4.98 Å². The van der Waals surface area contributed by atoms with Crippen LogP contribution in [0.5, 0.6) is 0 Å². The lowest BCUT2D eigenvalue weighted by Gasteiger charge is -2.10. The highest BCUT2D eigenvalue weighted by molar-refractivity contribution is 5.95. The number of amides is 1. The van der Waals surface area contributed by atoms with E-state index in [4.69, 9.17) is 0 Å². The summed E-state index contributed by atoms with van der Waals surface area (Å²) in [6.45, 7) is 1.84. The van der Waals surface area contributed by atoms with Crippen LogP contribution < -0.4 is 10.9 Å². The van der Waals surface area contributed by atoms with Crippen LogP contribution in [0.15, 0.2) is 53.3 Å². The van der Waals surface area contributed by atoms with Gasteiger partial charge in [-0.2, -0.15) is 9.78 Å². The van der Waals surface area contributed by atoms with Crippen molar-refractivity contribution < 1.29 is 4.79 Å². The summed E-state index contributed by atoms with van der Waals surface area (Å²) in [4.78, 5) is 32.6. The van der Waals surface area contributed by atoms with E-state index in [1.54, 1.807) is 6.07 Å². The van der Waals surface area contributed by atoms with Gasteiger partial charge in [-0.1, -0.05) is 42.5 Å². The van der Waals surface area contributed by atoms with E-state index in [1.165, 1.54) is 4.68 Å². The van der Waals surface area contributed by atoms with Gasteiger partial charge in [0.25, 0.3) is 5.56 Å². The number of benzene rings is 2. The van der Waals surface area contributed by atoms with Crippen LogP contribution in [-0.4, -0.2) is 25.7 Å². The molecule has 150 valence electrons. The SMILES string of the molecule is Cc1cc(NC(=O)Cc2cccc3ccccc23)n(-c2nc3c(c(=O)[nH]2)CCC3)n1. The molecule has 30 heavy (non-hydrogen) atoms. The molecule has 5 rings (SSSR count). The van der Waals surface area contributed by atoms with Gasteiger partial charge >= 0.3 is 0 Å². The van der Waals surface area contributed by atoms with Crippen LogP contribution in [0.1, 0.15) is 28.9 Å². The van der Waals surface area contributed by atoms with Gasteiger partial charge in [0.15, 0.2) is 0 Å². The molecule has 0 unspecified atom stereocenters. The Morgan fingerprint density at radius 1 is 1.17 bits per heavy atom.